The van der Waals surface area contributed by atoms with Crippen molar-refractivity contribution in [3.05, 3.63) is 64.7 Å². The zero-order chi connectivity index (χ0) is 22.9. The zero-order valence-electron chi connectivity index (χ0n) is 17.3. The lowest BCUT2D eigenvalue weighted by molar-refractivity contribution is -0.137. The number of alkyl halides is 3. The molecular formula is C23H23F3N2O3. The number of amides is 1. The highest BCUT2D eigenvalue weighted by molar-refractivity contribution is 6.01. The van der Waals surface area contributed by atoms with Gasteiger partial charge in [0.05, 0.1) is 12.2 Å². The molecule has 0 aliphatic rings. The van der Waals surface area contributed by atoms with Gasteiger partial charge in [-0.25, -0.2) is 0 Å². The second-order valence-corrected chi connectivity index (χ2v) is 6.55. The lowest BCUT2D eigenvalue weighted by Gasteiger charge is -2.14. The average Bonchev–Trinajstić information content (AvgIpc) is 2.75. The van der Waals surface area contributed by atoms with Crippen molar-refractivity contribution in [3.8, 4) is 17.6 Å². The highest BCUT2D eigenvalue weighted by Gasteiger charge is 2.30. The van der Waals surface area contributed by atoms with E-state index >= 15 is 0 Å². The molecule has 0 aliphatic carbocycles. The third-order valence-corrected chi connectivity index (χ3v) is 4.13. The Morgan fingerprint density at radius 2 is 1.90 bits per heavy atom. The van der Waals surface area contributed by atoms with E-state index in [1.807, 2.05) is 13.0 Å². The molecule has 1 N–H and O–H groups in total. The number of hydrogen-bond donors (Lipinski definition) is 1. The summed E-state index contributed by atoms with van der Waals surface area (Å²) in [4.78, 5) is 12.0. The van der Waals surface area contributed by atoms with Crippen molar-refractivity contribution >= 4 is 12.0 Å². The molecule has 1 amide bonds. The molecule has 0 spiro atoms. The summed E-state index contributed by atoms with van der Waals surface area (Å²) in [6.45, 7) is 4.39. The average molecular weight is 432 g/mol. The highest BCUT2D eigenvalue weighted by Crippen LogP contribution is 2.32. The van der Waals surface area contributed by atoms with E-state index in [0.29, 0.717) is 35.8 Å². The number of hydrogen-bond acceptors (Lipinski definition) is 4. The summed E-state index contributed by atoms with van der Waals surface area (Å²) in [5.74, 6) is 0.229. The van der Waals surface area contributed by atoms with Crippen LogP contribution in [0.4, 0.5) is 13.2 Å². The number of rotatable bonds is 9. The summed E-state index contributed by atoms with van der Waals surface area (Å²) in [6, 6.07) is 11.6. The van der Waals surface area contributed by atoms with Gasteiger partial charge in [0, 0.05) is 6.54 Å². The minimum absolute atomic E-state index is 0.0477. The predicted octanol–water partition coefficient (Wildman–Crippen LogP) is 5.12. The molecule has 0 fully saturated rings. The van der Waals surface area contributed by atoms with Gasteiger partial charge in [0.15, 0.2) is 11.5 Å². The molecule has 31 heavy (non-hydrogen) atoms. The van der Waals surface area contributed by atoms with Gasteiger partial charge in [0.1, 0.15) is 18.2 Å². The molecule has 0 saturated carbocycles. The van der Waals surface area contributed by atoms with Crippen LogP contribution in [0.15, 0.2) is 48.0 Å². The fraction of sp³-hybridized carbons (Fsp3) is 0.304. The van der Waals surface area contributed by atoms with Gasteiger partial charge >= 0.3 is 6.18 Å². The quantitative estimate of drug-likeness (QED) is 0.441. The van der Waals surface area contributed by atoms with Gasteiger partial charge in [-0.15, -0.1) is 0 Å². The summed E-state index contributed by atoms with van der Waals surface area (Å²) in [7, 11) is 0. The van der Waals surface area contributed by atoms with Crippen LogP contribution in [0, 0.1) is 11.3 Å². The van der Waals surface area contributed by atoms with E-state index in [2.05, 4.69) is 5.32 Å². The molecule has 2 aromatic carbocycles. The van der Waals surface area contributed by atoms with E-state index in [1.54, 1.807) is 31.2 Å². The van der Waals surface area contributed by atoms with Crippen molar-refractivity contribution in [3.63, 3.8) is 0 Å². The first-order valence-electron chi connectivity index (χ1n) is 9.74. The van der Waals surface area contributed by atoms with E-state index in [1.165, 1.54) is 12.1 Å². The first kappa shape index (κ1) is 23.8. The van der Waals surface area contributed by atoms with Crippen LogP contribution in [0.1, 0.15) is 37.0 Å². The molecule has 0 bridgehead atoms. The van der Waals surface area contributed by atoms with Crippen LogP contribution >= 0.6 is 0 Å². The van der Waals surface area contributed by atoms with Gasteiger partial charge < -0.3 is 14.8 Å². The van der Waals surface area contributed by atoms with Crippen LogP contribution < -0.4 is 14.8 Å². The second kappa shape index (κ2) is 11.1. The number of nitrogens with zero attached hydrogens (tertiary/aromatic N) is 1. The molecular weight excluding hydrogens is 409 g/mol. The summed E-state index contributed by atoms with van der Waals surface area (Å²) in [5, 5.41) is 11.9. The molecule has 0 heterocycles. The normalized spacial score (nSPS) is 11.5. The Balaban J connectivity index is 2.21. The van der Waals surface area contributed by atoms with Crippen molar-refractivity contribution in [2.24, 2.45) is 0 Å². The van der Waals surface area contributed by atoms with Gasteiger partial charge in [-0.3, -0.25) is 4.79 Å². The number of benzene rings is 2. The molecule has 0 unspecified atom stereocenters. The molecule has 164 valence electrons. The number of carbonyl (C=O) groups is 1. The fourth-order valence-corrected chi connectivity index (χ4v) is 2.65. The van der Waals surface area contributed by atoms with Crippen molar-refractivity contribution in [2.45, 2.75) is 33.1 Å². The lowest BCUT2D eigenvalue weighted by atomic mass is 10.1. The third kappa shape index (κ3) is 7.07. The van der Waals surface area contributed by atoms with E-state index in [9.17, 15) is 23.2 Å². The van der Waals surface area contributed by atoms with Crippen molar-refractivity contribution < 1.29 is 27.4 Å². The van der Waals surface area contributed by atoms with Crippen LogP contribution in [-0.2, 0) is 17.6 Å². The van der Waals surface area contributed by atoms with Crippen LogP contribution in [0.25, 0.3) is 6.08 Å². The molecule has 5 nitrogen and oxygen atoms in total. The summed E-state index contributed by atoms with van der Waals surface area (Å²) < 4.78 is 49.9. The Labute approximate surface area is 179 Å². The van der Waals surface area contributed by atoms with E-state index in [0.717, 1.165) is 18.6 Å². The second-order valence-electron chi connectivity index (χ2n) is 6.55. The predicted molar refractivity (Wildman–Crippen MR) is 110 cm³/mol. The monoisotopic (exact) mass is 432 g/mol. The largest absolute Gasteiger partial charge is 0.490 e. The van der Waals surface area contributed by atoms with Crippen molar-refractivity contribution in [1.29, 1.82) is 5.26 Å². The highest BCUT2D eigenvalue weighted by atomic mass is 19.4. The summed E-state index contributed by atoms with van der Waals surface area (Å²) >= 11 is 0. The number of halogens is 3. The molecule has 2 rings (SSSR count). The molecule has 0 saturated heterocycles. The Morgan fingerprint density at radius 1 is 1.13 bits per heavy atom. The van der Waals surface area contributed by atoms with Crippen LogP contribution in [0.2, 0.25) is 0 Å². The van der Waals surface area contributed by atoms with Crippen LogP contribution in [0.3, 0.4) is 0 Å². The molecule has 0 aliphatic heterocycles. The Hall–Kier alpha value is -3.47. The smallest absolute Gasteiger partial charge is 0.416 e. The minimum Gasteiger partial charge on any atom is -0.490 e. The Bertz CT molecular complexity index is 979. The number of ether oxygens (including phenoxy) is 2. The zero-order valence-corrected chi connectivity index (χ0v) is 17.3. The Morgan fingerprint density at radius 3 is 2.55 bits per heavy atom. The van der Waals surface area contributed by atoms with E-state index in [-0.39, 0.29) is 12.2 Å². The summed E-state index contributed by atoms with van der Waals surface area (Å²) in [6.07, 6.45) is -2.25. The van der Waals surface area contributed by atoms with E-state index < -0.39 is 17.6 Å². The number of carbonyl (C=O) groups excluding carboxylic acids is 1. The molecule has 0 aromatic heterocycles. The first-order chi connectivity index (χ1) is 14.8. The van der Waals surface area contributed by atoms with Gasteiger partial charge in [-0.1, -0.05) is 25.1 Å². The Kier molecular flexibility index (Phi) is 8.50. The number of nitrogens with one attached hydrogen (secondary N) is 1. The van der Waals surface area contributed by atoms with Crippen LogP contribution in [0.5, 0.6) is 11.5 Å². The minimum atomic E-state index is -4.43. The maximum Gasteiger partial charge on any atom is 0.416 e. The van der Waals surface area contributed by atoms with Gasteiger partial charge in [-0.2, -0.15) is 18.4 Å². The van der Waals surface area contributed by atoms with Crippen molar-refractivity contribution in [2.75, 3.05) is 13.2 Å². The third-order valence-electron chi connectivity index (χ3n) is 4.13. The lowest BCUT2D eigenvalue weighted by Crippen LogP contribution is -2.25. The molecule has 8 heteroatoms. The molecule has 0 atom stereocenters. The fourth-order valence-electron chi connectivity index (χ4n) is 2.65. The SMILES string of the molecule is CCCNC(=O)/C(C#N)=C/c1ccc(OCc2cccc(C(F)(F)F)c2)c(OCC)c1. The van der Waals surface area contributed by atoms with Gasteiger partial charge in [0.2, 0.25) is 0 Å². The first-order valence-corrected chi connectivity index (χ1v) is 9.74. The molecule has 0 radical (unpaired) electrons. The summed E-state index contributed by atoms with van der Waals surface area (Å²) in [5.41, 5.74) is 0.122. The van der Waals surface area contributed by atoms with Gasteiger partial charge in [-0.05, 0) is 54.8 Å². The molecule has 2 aromatic rings. The van der Waals surface area contributed by atoms with Gasteiger partial charge in [0.25, 0.3) is 5.91 Å². The maximum absolute atomic E-state index is 12.9. The van der Waals surface area contributed by atoms with Crippen LogP contribution in [-0.4, -0.2) is 19.1 Å². The van der Waals surface area contributed by atoms with Crippen molar-refractivity contribution in [1.82, 2.24) is 5.32 Å². The van der Waals surface area contributed by atoms with E-state index in [4.69, 9.17) is 9.47 Å². The maximum atomic E-state index is 12.9. The standard InChI is InChI=1S/C23H23F3N2O3/c1-3-10-28-22(29)18(14-27)11-16-8-9-20(21(13-16)30-4-2)31-15-17-6-5-7-19(12-17)23(24,25)26/h5-9,11-13H,3-4,10,15H2,1-2H3,(H,28,29)/b18-11+. The number of nitriles is 1. The topological polar surface area (TPSA) is 71.4 Å².